The standard InChI is InChI=1S/C30H29F3N6O6S/c1-44-16-19-12-20(15-39(14-19)30(40)41)36-29-35-11-9-23(37-29)21-8-5-10-34-28(21)45-24-13-22(31)27(26(33)25(24)32)38-46(42,43)17-18-6-3-2-4-7-18/h2-11,13,19-20,38H,12,14-17H2,1H3,(H,40,41)(H,35,36,37). The zero-order valence-electron chi connectivity index (χ0n) is 24.4. The van der Waals surface area contributed by atoms with Crippen LogP contribution in [0.5, 0.6) is 11.6 Å². The summed E-state index contributed by atoms with van der Waals surface area (Å²) in [6.07, 6.45) is 2.29. The van der Waals surface area contributed by atoms with Gasteiger partial charge in [0.2, 0.25) is 27.7 Å². The third-order valence-corrected chi connectivity index (χ3v) is 8.26. The van der Waals surface area contributed by atoms with E-state index < -0.39 is 50.8 Å². The monoisotopic (exact) mass is 658 g/mol. The number of anilines is 2. The number of piperidine rings is 1. The van der Waals surface area contributed by atoms with Gasteiger partial charge in [-0.05, 0) is 30.2 Å². The van der Waals surface area contributed by atoms with Crippen LogP contribution in [0.3, 0.4) is 0 Å². The third-order valence-electron chi connectivity index (χ3n) is 7.03. The van der Waals surface area contributed by atoms with Gasteiger partial charge in [0.15, 0.2) is 17.4 Å². The van der Waals surface area contributed by atoms with Crippen LogP contribution < -0.4 is 14.8 Å². The van der Waals surface area contributed by atoms with E-state index in [2.05, 4.69) is 20.3 Å². The number of benzene rings is 2. The molecule has 46 heavy (non-hydrogen) atoms. The van der Waals surface area contributed by atoms with Gasteiger partial charge >= 0.3 is 6.09 Å². The molecule has 0 spiro atoms. The highest BCUT2D eigenvalue weighted by Crippen LogP contribution is 2.36. The van der Waals surface area contributed by atoms with E-state index in [9.17, 15) is 18.3 Å². The molecule has 3 heterocycles. The largest absolute Gasteiger partial charge is 0.465 e. The van der Waals surface area contributed by atoms with Gasteiger partial charge in [-0.2, -0.15) is 4.39 Å². The van der Waals surface area contributed by atoms with Crippen molar-refractivity contribution in [2.45, 2.75) is 18.2 Å². The zero-order chi connectivity index (χ0) is 32.8. The van der Waals surface area contributed by atoms with E-state index in [4.69, 9.17) is 9.47 Å². The summed E-state index contributed by atoms with van der Waals surface area (Å²) in [6, 6.07) is 12.7. The van der Waals surface area contributed by atoms with E-state index in [1.807, 2.05) is 0 Å². The molecule has 0 radical (unpaired) electrons. The first kappa shape index (κ1) is 32.4. The van der Waals surface area contributed by atoms with Crippen molar-refractivity contribution in [3.05, 3.63) is 90.0 Å². The number of likely N-dealkylation sites (tertiary alicyclic amines) is 1. The second kappa shape index (κ2) is 14.0. The van der Waals surface area contributed by atoms with E-state index >= 15 is 13.2 Å². The normalized spacial score (nSPS) is 16.6. The second-order valence-corrected chi connectivity index (χ2v) is 12.2. The summed E-state index contributed by atoms with van der Waals surface area (Å²) >= 11 is 0. The summed E-state index contributed by atoms with van der Waals surface area (Å²) in [5.41, 5.74) is -0.357. The molecule has 2 aromatic carbocycles. The maximum absolute atomic E-state index is 15.1. The van der Waals surface area contributed by atoms with Crippen molar-refractivity contribution in [2.24, 2.45) is 5.92 Å². The molecule has 0 aliphatic carbocycles. The fourth-order valence-electron chi connectivity index (χ4n) is 5.08. The molecule has 5 rings (SSSR count). The van der Waals surface area contributed by atoms with Crippen molar-refractivity contribution in [1.82, 2.24) is 19.9 Å². The predicted molar refractivity (Wildman–Crippen MR) is 161 cm³/mol. The minimum Gasteiger partial charge on any atom is -0.465 e. The van der Waals surface area contributed by atoms with Gasteiger partial charge in [0.05, 0.1) is 23.6 Å². The molecule has 2 unspecified atom stereocenters. The minimum atomic E-state index is -4.30. The van der Waals surface area contributed by atoms with Crippen LogP contribution in [0.1, 0.15) is 12.0 Å². The highest BCUT2D eigenvalue weighted by molar-refractivity contribution is 7.91. The summed E-state index contributed by atoms with van der Waals surface area (Å²) in [6.45, 7) is 0.896. The maximum Gasteiger partial charge on any atom is 0.407 e. The molecule has 0 bridgehead atoms. The molecule has 1 aliphatic heterocycles. The Kier molecular flexibility index (Phi) is 9.87. The van der Waals surface area contributed by atoms with Crippen molar-refractivity contribution in [2.75, 3.05) is 36.8 Å². The lowest BCUT2D eigenvalue weighted by molar-refractivity contribution is 0.0782. The van der Waals surface area contributed by atoms with Crippen molar-refractivity contribution in [1.29, 1.82) is 0 Å². The average Bonchev–Trinajstić information content (AvgIpc) is 3.02. The number of amides is 1. The Morgan fingerprint density at radius 1 is 1.04 bits per heavy atom. The molecular formula is C30H29F3N6O6S. The molecule has 4 aromatic rings. The Labute approximate surface area is 262 Å². The number of pyridine rings is 1. The lowest BCUT2D eigenvalue weighted by Gasteiger charge is -2.36. The van der Waals surface area contributed by atoms with Crippen molar-refractivity contribution >= 4 is 27.8 Å². The number of halogens is 3. The van der Waals surface area contributed by atoms with Gasteiger partial charge in [0.25, 0.3) is 0 Å². The summed E-state index contributed by atoms with van der Waals surface area (Å²) < 4.78 is 82.8. The number of nitrogens with zero attached hydrogens (tertiary/aromatic N) is 4. The quantitative estimate of drug-likeness (QED) is 0.185. The molecule has 1 fully saturated rings. The van der Waals surface area contributed by atoms with Gasteiger partial charge in [0.1, 0.15) is 5.69 Å². The second-order valence-electron chi connectivity index (χ2n) is 10.5. The first-order valence-corrected chi connectivity index (χ1v) is 15.6. The van der Waals surface area contributed by atoms with E-state index in [0.29, 0.717) is 31.2 Å². The predicted octanol–water partition coefficient (Wildman–Crippen LogP) is 5.12. The Hall–Kier alpha value is -4.96. The van der Waals surface area contributed by atoms with Gasteiger partial charge in [-0.1, -0.05) is 30.3 Å². The van der Waals surface area contributed by atoms with Gasteiger partial charge in [0, 0.05) is 50.6 Å². The highest BCUT2D eigenvalue weighted by atomic mass is 32.2. The van der Waals surface area contributed by atoms with E-state index in [-0.39, 0.29) is 41.6 Å². The van der Waals surface area contributed by atoms with Crippen LogP contribution in [0.2, 0.25) is 0 Å². The van der Waals surface area contributed by atoms with Crippen LogP contribution in [0, 0.1) is 23.4 Å². The van der Waals surface area contributed by atoms with Crippen LogP contribution in [-0.2, 0) is 20.5 Å². The number of aromatic nitrogens is 3. The minimum absolute atomic E-state index is 0.0462. The fourth-order valence-corrected chi connectivity index (χ4v) is 6.28. The first-order chi connectivity index (χ1) is 22.0. The van der Waals surface area contributed by atoms with E-state index in [0.717, 1.165) is 0 Å². The Morgan fingerprint density at radius 2 is 1.83 bits per heavy atom. The zero-order valence-corrected chi connectivity index (χ0v) is 25.2. The van der Waals surface area contributed by atoms with Crippen molar-refractivity contribution in [3.63, 3.8) is 0 Å². The van der Waals surface area contributed by atoms with Gasteiger partial charge in [-0.15, -0.1) is 0 Å². The molecule has 242 valence electrons. The number of hydrogen-bond acceptors (Lipinski definition) is 9. The number of sulfonamides is 1. The van der Waals surface area contributed by atoms with Crippen molar-refractivity contribution < 1.29 is 41.0 Å². The van der Waals surface area contributed by atoms with Gasteiger partial charge < -0.3 is 24.8 Å². The molecular weight excluding hydrogens is 629 g/mol. The average molecular weight is 659 g/mol. The Balaban J connectivity index is 1.36. The van der Waals surface area contributed by atoms with Crippen LogP contribution in [0.4, 0.5) is 29.6 Å². The topological polar surface area (TPSA) is 156 Å². The van der Waals surface area contributed by atoms with Crippen molar-refractivity contribution in [3.8, 4) is 22.9 Å². The first-order valence-electron chi connectivity index (χ1n) is 13.9. The lowest BCUT2D eigenvalue weighted by Crippen LogP contribution is -2.49. The third kappa shape index (κ3) is 7.81. The summed E-state index contributed by atoms with van der Waals surface area (Å²) in [5, 5.41) is 12.7. The molecule has 2 atom stereocenters. The molecule has 0 saturated carbocycles. The van der Waals surface area contributed by atoms with Crippen LogP contribution in [-0.4, -0.2) is 72.3 Å². The number of carboxylic acid groups (broad SMARTS) is 1. The van der Waals surface area contributed by atoms with E-state index in [1.54, 1.807) is 36.1 Å². The molecule has 1 amide bonds. The molecule has 12 nitrogen and oxygen atoms in total. The number of carbonyl (C=O) groups is 1. The number of ether oxygens (including phenoxy) is 2. The number of hydrogen-bond donors (Lipinski definition) is 3. The Bertz CT molecular complexity index is 1820. The summed E-state index contributed by atoms with van der Waals surface area (Å²) in [5.74, 6) is -6.46. The number of rotatable bonds is 11. The molecule has 3 N–H and O–H groups in total. The summed E-state index contributed by atoms with van der Waals surface area (Å²) in [7, 11) is -2.76. The van der Waals surface area contributed by atoms with E-state index in [1.165, 1.54) is 41.6 Å². The van der Waals surface area contributed by atoms with Crippen LogP contribution in [0.15, 0.2) is 67.0 Å². The van der Waals surface area contributed by atoms with Crippen LogP contribution >= 0.6 is 0 Å². The molecule has 1 aliphatic rings. The summed E-state index contributed by atoms with van der Waals surface area (Å²) in [4.78, 5) is 25.7. The highest BCUT2D eigenvalue weighted by Gasteiger charge is 2.31. The molecule has 16 heteroatoms. The van der Waals surface area contributed by atoms with Crippen LogP contribution in [0.25, 0.3) is 11.3 Å². The molecule has 1 saturated heterocycles. The lowest BCUT2D eigenvalue weighted by atomic mass is 9.95. The smallest absolute Gasteiger partial charge is 0.407 e. The number of nitrogens with one attached hydrogen (secondary N) is 2. The number of methoxy groups -OCH3 is 1. The molecule has 2 aromatic heterocycles. The SMILES string of the molecule is COCC1CC(Nc2nccc(-c3cccnc3Oc3cc(F)c(NS(=O)(=O)Cc4ccccc4)c(F)c3F)n2)CN(C(=O)O)C1. The fraction of sp³-hybridized carbons (Fsp3) is 0.267. The maximum atomic E-state index is 15.1. The Morgan fingerprint density at radius 3 is 2.57 bits per heavy atom. The van der Waals surface area contributed by atoms with Gasteiger partial charge in [-0.3, -0.25) is 4.72 Å². The van der Waals surface area contributed by atoms with Gasteiger partial charge in [-0.25, -0.2) is 36.9 Å².